The molecule has 210 valence electrons. The van der Waals surface area contributed by atoms with Gasteiger partial charge in [-0.25, -0.2) is 14.5 Å². The van der Waals surface area contributed by atoms with Gasteiger partial charge in [0.2, 0.25) is 5.88 Å². The van der Waals surface area contributed by atoms with Crippen molar-refractivity contribution in [3.05, 3.63) is 113 Å². The molecular weight excluding hydrogens is 530 g/mol. The zero-order valence-electron chi connectivity index (χ0n) is 23.4. The monoisotopic (exact) mass is 559 g/mol. The summed E-state index contributed by atoms with van der Waals surface area (Å²) < 4.78 is 8.91. The van der Waals surface area contributed by atoms with E-state index in [-0.39, 0.29) is 23.0 Å². The molecule has 6 rings (SSSR count). The Morgan fingerprint density at radius 3 is 2.55 bits per heavy atom. The molecule has 0 bridgehead atoms. The molecule has 0 saturated carbocycles. The van der Waals surface area contributed by atoms with E-state index >= 15 is 0 Å². The minimum atomic E-state index is -0.580. The molecule has 6 aromatic rings. The molecule has 0 spiro atoms. The molecule has 4 heterocycles. The van der Waals surface area contributed by atoms with E-state index in [1.54, 1.807) is 29.2 Å². The molecule has 10 heteroatoms. The predicted molar refractivity (Wildman–Crippen MR) is 162 cm³/mol. The lowest BCUT2D eigenvalue weighted by Crippen LogP contribution is -2.32. The first-order valence-electron chi connectivity index (χ1n) is 13.6. The fraction of sp³-hybridized carbons (Fsp3) is 0.156. The average molecular weight is 560 g/mol. The van der Waals surface area contributed by atoms with E-state index in [4.69, 9.17) is 10.5 Å². The number of nitrogens with one attached hydrogen (secondary N) is 1. The molecule has 0 aliphatic rings. The van der Waals surface area contributed by atoms with Crippen LogP contribution in [0.3, 0.4) is 0 Å². The zero-order chi connectivity index (χ0) is 29.4. The lowest BCUT2D eigenvalue weighted by molar-refractivity contribution is 0.0941. The first-order valence-corrected chi connectivity index (χ1v) is 13.6. The number of hydrogen-bond acceptors (Lipinski definition) is 7. The van der Waals surface area contributed by atoms with Gasteiger partial charge in [0.1, 0.15) is 5.56 Å². The van der Waals surface area contributed by atoms with E-state index in [9.17, 15) is 9.59 Å². The molecule has 0 fully saturated rings. The standard InChI is InChI=1S/C32H29N7O3/c1-19(2)42-26-18-21(13-15-34-26)24-12-7-9-22-17-25(39(32(41)27(22)24)23-10-5-4-6-11-23)20(3)36-31(40)28-29(33)37-38-16-8-14-35-30(28)38/h4-20H,1-3H3,(H2,33,37)(H,36,40). The first kappa shape index (κ1) is 26.7. The Morgan fingerprint density at radius 2 is 1.76 bits per heavy atom. The number of nitrogen functional groups attached to an aromatic ring is 1. The highest BCUT2D eigenvalue weighted by atomic mass is 16.5. The van der Waals surface area contributed by atoms with Crippen molar-refractivity contribution in [1.29, 1.82) is 0 Å². The third-order valence-corrected chi connectivity index (χ3v) is 6.93. The minimum absolute atomic E-state index is 0.0401. The molecule has 1 unspecified atom stereocenters. The van der Waals surface area contributed by atoms with E-state index in [1.165, 1.54) is 4.52 Å². The van der Waals surface area contributed by atoms with Gasteiger partial charge in [-0.1, -0.05) is 36.4 Å². The van der Waals surface area contributed by atoms with E-state index in [1.807, 2.05) is 87.5 Å². The molecule has 42 heavy (non-hydrogen) atoms. The molecule has 0 radical (unpaired) electrons. The molecule has 4 aromatic heterocycles. The molecule has 10 nitrogen and oxygen atoms in total. The number of para-hydroxylation sites is 1. The van der Waals surface area contributed by atoms with Crippen LogP contribution in [0.25, 0.3) is 33.2 Å². The highest BCUT2D eigenvalue weighted by Gasteiger charge is 2.24. The summed E-state index contributed by atoms with van der Waals surface area (Å²) in [5.74, 6) is 0.113. The number of hydrogen-bond donors (Lipinski definition) is 2. The van der Waals surface area contributed by atoms with Crippen LogP contribution in [-0.4, -0.2) is 36.2 Å². The molecule has 0 aliphatic heterocycles. The average Bonchev–Trinajstić information content (AvgIpc) is 3.32. The van der Waals surface area contributed by atoms with Crippen molar-refractivity contribution in [2.24, 2.45) is 0 Å². The van der Waals surface area contributed by atoms with Crippen LogP contribution in [-0.2, 0) is 0 Å². The van der Waals surface area contributed by atoms with Gasteiger partial charge in [-0.05, 0) is 67.6 Å². The normalized spacial score (nSPS) is 12.1. The van der Waals surface area contributed by atoms with Gasteiger partial charge in [-0.15, -0.1) is 5.10 Å². The Labute approximate surface area is 241 Å². The fourth-order valence-electron chi connectivity index (χ4n) is 5.13. The second kappa shape index (κ2) is 10.8. The van der Waals surface area contributed by atoms with E-state index in [2.05, 4.69) is 20.4 Å². The Kier molecular flexibility index (Phi) is 6.87. The van der Waals surface area contributed by atoms with Crippen molar-refractivity contribution in [3.8, 4) is 22.7 Å². The summed E-state index contributed by atoms with van der Waals surface area (Å²) in [5, 5.41) is 8.49. The molecule has 2 aromatic carbocycles. The third-order valence-electron chi connectivity index (χ3n) is 6.93. The summed E-state index contributed by atoms with van der Waals surface area (Å²) in [6.45, 7) is 5.70. The maximum absolute atomic E-state index is 14.4. The van der Waals surface area contributed by atoms with Crippen molar-refractivity contribution >= 4 is 28.1 Å². The van der Waals surface area contributed by atoms with Gasteiger partial charge >= 0.3 is 0 Å². The quantitative estimate of drug-likeness (QED) is 0.283. The van der Waals surface area contributed by atoms with Crippen molar-refractivity contribution in [2.45, 2.75) is 32.9 Å². The van der Waals surface area contributed by atoms with Crippen LogP contribution in [0.2, 0.25) is 0 Å². The number of aromatic nitrogens is 5. The minimum Gasteiger partial charge on any atom is -0.475 e. The number of carbonyl (C=O) groups excluding carboxylic acids is 1. The number of nitrogens with two attached hydrogens (primary N) is 1. The molecule has 0 aliphatic carbocycles. The van der Waals surface area contributed by atoms with Crippen LogP contribution in [0.1, 0.15) is 42.9 Å². The van der Waals surface area contributed by atoms with Gasteiger partial charge in [0.15, 0.2) is 11.5 Å². The smallest absolute Gasteiger partial charge is 0.263 e. The summed E-state index contributed by atoms with van der Waals surface area (Å²) in [6, 6.07) is 21.8. The van der Waals surface area contributed by atoms with Crippen molar-refractivity contribution in [3.63, 3.8) is 0 Å². The van der Waals surface area contributed by atoms with Gasteiger partial charge < -0.3 is 15.8 Å². The lowest BCUT2D eigenvalue weighted by Gasteiger charge is -2.21. The molecule has 1 atom stereocenters. The SMILES string of the molecule is CC(C)Oc1cc(-c2cccc3cc(C(C)NC(=O)c4c(N)nn5cccnc45)n(-c4ccccc4)c(=O)c23)ccn1. The highest BCUT2D eigenvalue weighted by molar-refractivity contribution is 6.04. The highest BCUT2D eigenvalue weighted by Crippen LogP contribution is 2.31. The number of rotatable bonds is 7. The van der Waals surface area contributed by atoms with Crippen LogP contribution in [0.4, 0.5) is 5.82 Å². The maximum Gasteiger partial charge on any atom is 0.263 e. The molecule has 0 saturated heterocycles. The number of fused-ring (bicyclic) bond motifs is 2. The summed E-state index contributed by atoms with van der Waals surface area (Å²) in [5.41, 5.74) is 9.25. The summed E-state index contributed by atoms with van der Waals surface area (Å²) >= 11 is 0. The number of benzene rings is 2. The zero-order valence-corrected chi connectivity index (χ0v) is 23.4. The van der Waals surface area contributed by atoms with Crippen LogP contribution >= 0.6 is 0 Å². The maximum atomic E-state index is 14.4. The molecular formula is C32H29N7O3. The summed E-state index contributed by atoms with van der Waals surface area (Å²) in [4.78, 5) is 36.5. The Balaban J connectivity index is 1.49. The van der Waals surface area contributed by atoms with Gasteiger partial charge in [0.05, 0.1) is 17.5 Å². The van der Waals surface area contributed by atoms with Crippen molar-refractivity contribution in [1.82, 2.24) is 29.5 Å². The largest absolute Gasteiger partial charge is 0.475 e. The lowest BCUT2D eigenvalue weighted by atomic mass is 9.98. The van der Waals surface area contributed by atoms with Gasteiger partial charge in [0, 0.05) is 36.0 Å². The van der Waals surface area contributed by atoms with Gasteiger partial charge in [-0.3, -0.25) is 14.2 Å². The summed E-state index contributed by atoms with van der Waals surface area (Å²) in [6.07, 6.45) is 4.88. The molecule has 1 amide bonds. The van der Waals surface area contributed by atoms with E-state index in [0.29, 0.717) is 28.3 Å². The number of nitrogens with zero attached hydrogens (tertiary/aromatic N) is 5. The van der Waals surface area contributed by atoms with Crippen molar-refractivity contribution < 1.29 is 9.53 Å². The van der Waals surface area contributed by atoms with E-state index < -0.39 is 11.9 Å². The number of pyridine rings is 2. The topological polar surface area (TPSA) is 129 Å². The number of ether oxygens (including phenoxy) is 1. The van der Waals surface area contributed by atoms with Gasteiger partial charge in [0.25, 0.3) is 11.5 Å². The Morgan fingerprint density at radius 1 is 0.952 bits per heavy atom. The molecule has 3 N–H and O–H groups in total. The second-order valence-corrected chi connectivity index (χ2v) is 10.2. The summed E-state index contributed by atoms with van der Waals surface area (Å²) in [7, 11) is 0. The fourth-order valence-corrected chi connectivity index (χ4v) is 5.13. The van der Waals surface area contributed by atoms with Crippen LogP contribution in [0, 0.1) is 0 Å². The van der Waals surface area contributed by atoms with E-state index in [0.717, 1.165) is 16.5 Å². The number of carbonyl (C=O) groups is 1. The number of anilines is 1. The van der Waals surface area contributed by atoms with Crippen LogP contribution < -0.4 is 21.3 Å². The Hall–Kier alpha value is -5.51. The van der Waals surface area contributed by atoms with Gasteiger partial charge in [-0.2, -0.15) is 0 Å². The number of amides is 1. The van der Waals surface area contributed by atoms with Crippen LogP contribution in [0.15, 0.2) is 96.2 Å². The first-order chi connectivity index (χ1) is 20.3. The van der Waals surface area contributed by atoms with Crippen LogP contribution in [0.5, 0.6) is 5.88 Å². The van der Waals surface area contributed by atoms with Crippen molar-refractivity contribution in [2.75, 3.05) is 5.73 Å². The third kappa shape index (κ3) is 4.83. The Bertz CT molecular complexity index is 2000. The predicted octanol–water partition coefficient (Wildman–Crippen LogP) is 4.96. The second-order valence-electron chi connectivity index (χ2n) is 10.2.